The first-order chi connectivity index (χ1) is 37.5. The maximum absolute atomic E-state index is 12.8. The zero-order chi connectivity index (χ0) is 55.0. The third kappa shape index (κ3) is 60.9. The summed E-state index contributed by atoms with van der Waals surface area (Å²) in [6, 6.07) is 0. The number of carbonyl (C=O) groups is 3. The lowest BCUT2D eigenvalue weighted by Gasteiger charge is -2.18. The van der Waals surface area contributed by atoms with Crippen molar-refractivity contribution >= 4 is 17.9 Å². The highest BCUT2D eigenvalue weighted by atomic mass is 16.6. The SMILES string of the molecule is CC/C=C\C/C=C\C/C=C\C/C=C\C/C=C\C/C=C\CCCCCCCCCCCCCCCCC(=O)OCC(COC(=O)CCCCCCCCCCCC)OC(=O)CCCCCCC/C=C\C/C=C\C/C=C\CC. The van der Waals surface area contributed by atoms with Crippen molar-refractivity contribution in [2.45, 2.75) is 303 Å². The van der Waals surface area contributed by atoms with Gasteiger partial charge in [-0.2, -0.15) is 0 Å². The van der Waals surface area contributed by atoms with Crippen molar-refractivity contribution in [3.63, 3.8) is 0 Å². The summed E-state index contributed by atoms with van der Waals surface area (Å²) >= 11 is 0. The van der Waals surface area contributed by atoms with E-state index in [0.29, 0.717) is 19.3 Å². The number of rotatable bonds is 57. The molecule has 0 saturated heterocycles. The number of carbonyl (C=O) groups excluding carboxylic acids is 3. The Balaban J connectivity index is 4.14. The summed E-state index contributed by atoms with van der Waals surface area (Å²) in [6.07, 6.45) is 86.8. The Morgan fingerprint density at radius 1 is 0.276 bits per heavy atom. The molecule has 6 nitrogen and oxygen atoms in total. The second-order valence-electron chi connectivity index (χ2n) is 20.9. The summed E-state index contributed by atoms with van der Waals surface area (Å²) in [6.45, 7) is 6.40. The molecule has 1 unspecified atom stereocenters. The van der Waals surface area contributed by atoms with Gasteiger partial charge in [-0.15, -0.1) is 0 Å². The minimum absolute atomic E-state index is 0.0822. The van der Waals surface area contributed by atoms with E-state index in [0.717, 1.165) is 135 Å². The van der Waals surface area contributed by atoms with Crippen molar-refractivity contribution in [1.82, 2.24) is 0 Å². The van der Waals surface area contributed by atoms with Gasteiger partial charge in [-0.05, 0) is 103 Å². The average Bonchev–Trinajstić information content (AvgIpc) is 3.42. The standard InChI is InChI=1S/C70H118O6/c1-4-7-10-13-16-19-22-24-26-27-28-29-30-31-32-33-34-35-36-37-38-39-40-41-42-43-45-46-48-51-54-57-60-63-69(72)75-66-67(65-74-68(71)62-59-56-53-50-21-18-15-12-9-6-3)76-70(73)64-61-58-55-52-49-47-44-25-23-20-17-14-11-8-5-2/h7-8,10-11,16-17,19-20,24-26,28-29,31-32,34-35,44,67H,4-6,9,12-15,18,21-23,27,30,33,36-43,45-66H2,1-3H3/b10-7-,11-8-,19-16-,20-17-,26-24-,29-28-,32-31-,35-34-,44-25-. The number of esters is 3. The first kappa shape index (κ1) is 72.1. The van der Waals surface area contributed by atoms with Gasteiger partial charge in [0.1, 0.15) is 13.2 Å². The first-order valence-electron chi connectivity index (χ1n) is 31.9. The zero-order valence-electron chi connectivity index (χ0n) is 49.7. The van der Waals surface area contributed by atoms with Crippen LogP contribution in [-0.4, -0.2) is 37.2 Å². The molecule has 0 radical (unpaired) electrons. The van der Waals surface area contributed by atoms with E-state index in [-0.39, 0.29) is 31.1 Å². The second-order valence-corrected chi connectivity index (χ2v) is 20.9. The van der Waals surface area contributed by atoms with Crippen molar-refractivity contribution in [1.29, 1.82) is 0 Å². The summed E-state index contributed by atoms with van der Waals surface area (Å²) in [7, 11) is 0. The van der Waals surface area contributed by atoms with Gasteiger partial charge in [0.2, 0.25) is 0 Å². The molecule has 0 aromatic heterocycles. The van der Waals surface area contributed by atoms with E-state index in [1.807, 2.05) is 0 Å². The van der Waals surface area contributed by atoms with Gasteiger partial charge in [0.15, 0.2) is 6.10 Å². The third-order valence-corrected chi connectivity index (χ3v) is 13.5. The molecule has 0 aromatic carbocycles. The topological polar surface area (TPSA) is 78.9 Å². The van der Waals surface area contributed by atoms with E-state index in [2.05, 4.69) is 130 Å². The highest BCUT2D eigenvalue weighted by molar-refractivity contribution is 5.71. The van der Waals surface area contributed by atoms with Crippen LogP contribution in [0.2, 0.25) is 0 Å². The van der Waals surface area contributed by atoms with Crippen LogP contribution in [-0.2, 0) is 28.6 Å². The fourth-order valence-corrected chi connectivity index (χ4v) is 8.81. The molecule has 0 N–H and O–H groups in total. The van der Waals surface area contributed by atoms with E-state index >= 15 is 0 Å². The Morgan fingerprint density at radius 3 is 0.803 bits per heavy atom. The Labute approximate surface area is 470 Å². The van der Waals surface area contributed by atoms with Crippen LogP contribution in [0.3, 0.4) is 0 Å². The molecule has 0 aromatic rings. The van der Waals surface area contributed by atoms with E-state index in [1.54, 1.807) is 0 Å². The molecule has 1 atom stereocenters. The van der Waals surface area contributed by atoms with Crippen molar-refractivity contribution in [2.24, 2.45) is 0 Å². The molecule has 434 valence electrons. The van der Waals surface area contributed by atoms with E-state index in [9.17, 15) is 14.4 Å². The van der Waals surface area contributed by atoms with E-state index in [1.165, 1.54) is 122 Å². The van der Waals surface area contributed by atoms with Gasteiger partial charge in [-0.1, -0.05) is 284 Å². The van der Waals surface area contributed by atoms with Crippen LogP contribution in [0.5, 0.6) is 0 Å². The normalized spacial score (nSPS) is 12.8. The molecular weight excluding hydrogens is 937 g/mol. The molecule has 0 fully saturated rings. The molecular formula is C70H118O6. The monoisotopic (exact) mass is 1050 g/mol. The van der Waals surface area contributed by atoms with Crippen molar-refractivity contribution in [3.05, 3.63) is 109 Å². The van der Waals surface area contributed by atoms with Gasteiger partial charge >= 0.3 is 17.9 Å². The highest BCUT2D eigenvalue weighted by Gasteiger charge is 2.19. The molecule has 0 amide bonds. The van der Waals surface area contributed by atoms with Crippen LogP contribution >= 0.6 is 0 Å². The lowest BCUT2D eigenvalue weighted by atomic mass is 10.0. The minimum atomic E-state index is -0.785. The van der Waals surface area contributed by atoms with Gasteiger partial charge in [-0.3, -0.25) is 14.4 Å². The summed E-state index contributed by atoms with van der Waals surface area (Å²) in [5.41, 5.74) is 0. The molecule has 0 saturated carbocycles. The van der Waals surface area contributed by atoms with Gasteiger partial charge in [0, 0.05) is 19.3 Å². The van der Waals surface area contributed by atoms with Crippen LogP contribution in [0.4, 0.5) is 0 Å². The van der Waals surface area contributed by atoms with Crippen LogP contribution in [0, 0.1) is 0 Å². The average molecular weight is 1060 g/mol. The Kier molecular flexibility index (Phi) is 60.3. The molecule has 0 heterocycles. The zero-order valence-corrected chi connectivity index (χ0v) is 49.7. The van der Waals surface area contributed by atoms with Crippen LogP contribution in [0.25, 0.3) is 0 Å². The number of unbranched alkanes of at least 4 members (excludes halogenated alkanes) is 28. The smallest absolute Gasteiger partial charge is 0.306 e. The Morgan fingerprint density at radius 2 is 0.513 bits per heavy atom. The van der Waals surface area contributed by atoms with E-state index in [4.69, 9.17) is 14.2 Å². The predicted octanol–water partition coefficient (Wildman–Crippen LogP) is 21.8. The maximum atomic E-state index is 12.8. The predicted molar refractivity (Wildman–Crippen MR) is 330 cm³/mol. The van der Waals surface area contributed by atoms with Gasteiger partial charge in [0.05, 0.1) is 0 Å². The maximum Gasteiger partial charge on any atom is 0.306 e. The fourth-order valence-electron chi connectivity index (χ4n) is 8.81. The first-order valence-corrected chi connectivity index (χ1v) is 31.9. The number of ether oxygens (including phenoxy) is 3. The Hall–Kier alpha value is -3.93. The number of hydrogen-bond donors (Lipinski definition) is 0. The number of hydrogen-bond acceptors (Lipinski definition) is 6. The van der Waals surface area contributed by atoms with Crippen molar-refractivity contribution in [2.75, 3.05) is 13.2 Å². The highest BCUT2D eigenvalue weighted by Crippen LogP contribution is 2.16. The number of allylic oxidation sites excluding steroid dienone is 18. The van der Waals surface area contributed by atoms with Crippen molar-refractivity contribution < 1.29 is 28.6 Å². The molecule has 0 aliphatic carbocycles. The molecule has 6 heteroatoms. The summed E-state index contributed by atoms with van der Waals surface area (Å²) in [4.78, 5) is 38.1. The van der Waals surface area contributed by atoms with Crippen LogP contribution in [0.1, 0.15) is 297 Å². The third-order valence-electron chi connectivity index (χ3n) is 13.5. The molecule has 0 aliphatic rings. The molecule has 76 heavy (non-hydrogen) atoms. The fraction of sp³-hybridized carbons (Fsp3) is 0.700. The van der Waals surface area contributed by atoms with Crippen LogP contribution < -0.4 is 0 Å². The Bertz CT molecular complexity index is 1540. The summed E-state index contributed by atoms with van der Waals surface area (Å²) < 4.78 is 16.9. The van der Waals surface area contributed by atoms with Gasteiger partial charge in [-0.25, -0.2) is 0 Å². The van der Waals surface area contributed by atoms with Gasteiger partial charge in [0.25, 0.3) is 0 Å². The largest absolute Gasteiger partial charge is 0.462 e. The lowest BCUT2D eigenvalue weighted by Crippen LogP contribution is -2.30. The molecule has 0 rings (SSSR count). The van der Waals surface area contributed by atoms with E-state index < -0.39 is 6.10 Å². The summed E-state index contributed by atoms with van der Waals surface area (Å²) in [5.74, 6) is -0.895. The second kappa shape index (κ2) is 63.6. The van der Waals surface area contributed by atoms with Gasteiger partial charge < -0.3 is 14.2 Å². The lowest BCUT2D eigenvalue weighted by molar-refractivity contribution is -0.167. The summed E-state index contributed by atoms with van der Waals surface area (Å²) in [5, 5.41) is 0. The molecule has 0 spiro atoms. The molecule has 0 aliphatic heterocycles. The quantitative estimate of drug-likeness (QED) is 0.0261. The van der Waals surface area contributed by atoms with Crippen molar-refractivity contribution in [3.8, 4) is 0 Å². The van der Waals surface area contributed by atoms with Crippen LogP contribution in [0.15, 0.2) is 109 Å². The molecule has 0 bridgehead atoms. The minimum Gasteiger partial charge on any atom is -0.462 e.